The summed E-state index contributed by atoms with van der Waals surface area (Å²) in [5, 5.41) is 0. The van der Waals surface area contributed by atoms with E-state index < -0.39 is 10.0 Å². The van der Waals surface area contributed by atoms with Gasteiger partial charge in [-0.2, -0.15) is 0 Å². The first-order chi connectivity index (χ1) is 7.99. The SMILES string of the molecule is CC1(NS(=O)(=O)c2ccc3nc[nH]c3c2)CC1. The Morgan fingerprint density at radius 3 is 2.88 bits per heavy atom. The van der Waals surface area contributed by atoms with Crippen LogP contribution in [0.15, 0.2) is 29.4 Å². The molecule has 0 radical (unpaired) electrons. The van der Waals surface area contributed by atoms with E-state index in [1.54, 1.807) is 24.5 Å². The zero-order valence-electron chi connectivity index (χ0n) is 9.40. The fourth-order valence-electron chi connectivity index (χ4n) is 1.75. The summed E-state index contributed by atoms with van der Waals surface area (Å²) < 4.78 is 26.9. The summed E-state index contributed by atoms with van der Waals surface area (Å²) in [6.45, 7) is 1.92. The highest BCUT2D eigenvalue weighted by molar-refractivity contribution is 7.89. The van der Waals surface area contributed by atoms with Crippen LogP contribution in [0.1, 0.15) is 19.8 Å². The summed E-state index contributed by atoms with van der Waals surface area (Å²) in [7, 11) is -3.42. The largest absolute Gasteiger partial charge is 0.345 e. The molecule has 0 atom stereocenters. The molecule has 3 rings (SSSR count). The molecule has 0 unspecified atom stereocenters. The number of hydrogen-bond acceptors (Lipinski definition) is 3. The van der Waals surface area contributed by atoms with Crippen LogP contribution in [0.5, 0.6) is 0 Å². The highest BCUT2D eigenvalue weighted by atomic mass is 32.2. The Bertz CT molecular complexity index is 671. The number of imidazole rings is 1. The molecule has 1 aromatic carbocycles. The molecule has 1 fully saturated rings. The number of H-pyrrole nitrogens is 1. The minimum absolute atomic E-state index is 0.248. The van der Waals surface area contributed by atoms with Gasteiger partial charge in [-0.15, -0.1) is 0 Å². The van der Waals surface area contributed by atoms with Crippen molar-refractivity contribution in [2.24, 2.45) is 0 Å². The van der Waals surface area contributed by atoms with Gasteiger partial charge < -0.3 is 4.98 Å². The first kappa shape index (κ1) is 10.7. The fraction of sp³-hybridized carbons (Fsp3) is 0.364. The molecule has 1 heterocycles. The highest BCUT2D eigenvalue weighted by Crippen LogP contribution is 2.36. The summed E-state index contributed by atoms with van der Waals surface area (Å²) in [6.07, 6.45) is 3.35. The average molecular weight is 251 g/mol. The van der Waals surface area contributed by atoms with Gasteiger partial charge in [0.1, 0.15) is 0 Å². The van der Waals surface area contributed by atoms with E-state index in [1.807, 2.05) is 6.92 Å². The Hall–Kier alpha value is -1.40. The van der Waals surface area contributed by atoms with Crippen LogP contribution in [0, 0.1) is 0 Å². The fourth-order valence-corrected chi connectivity index (χ4v) is 3.25. The Labute approximate surface area is 99.3 Å². The maximum Gasteiger partial charge on any atom is 0.241 e. The average Bonchev–Trinajstić information content (AvgIpc) is 2.81. The molecule has 2 aromatic rings. The lowest BCUT2D eigenvalue weighted by Crippen LogP contribution is -2.34. The number of nitrogens with one attached hydrogen (secondary N) is 2. The molecule has 1 aliphatic rings. The molecule has 17 heavy (non-hydrogen) atoms. The highest BCUT2D eigenvalue weighted by Gasteiger charge is 2.41. The number of sulfonamides is 1. The maximum absolute atomic E-state index is 12.1. The molecule has 2 N–H and O–H groups in total. The molecular weight excluding hydrogens is 238 g/mol. The van der Waals surface area contributed by atoms with Gasteiger partial charge >= 0.3 is 0 Å². The van der Waals surface area contributed by atoms with Crippen molar-refractivity contribution in [1.82, 2.24) is 14.7 Å². The predicted molar refractivity (Wildman–Crippen MR) is 64.1 cm³/mol. The monoisotopic (exact) mass is 251 g/mol. The summed E-state index contributed by atoms with van der Waals surface area (Å²) in [6, 6.07) is 4.89. The number of aromatic amines is 1. The van der Waals surface area contributed by atoms with Crippen LogP contribution >= 0.6 is 0 Å². The summed E-state index contributed by atoms with van der Waals surface area (Å²) in [4.78, 5) is 7.25. The maximum atomic E-state index is 12.1. The number of aromatic nitrogens is 2. The normalized spacial score (nSPS) is 18.4. The molecule has 0 saturated heterocycles. The van der Waals surface area contributed by atoms with Crippen molar-refractivity contribution in [3.05, 3.63) is 24.5 Å². The van der Waals surface area contributed by atoms with Crippen molar-refractivity contribution in [3.63, 3.8) is 0 Å². The molecule has 0 aliphatic heterocycles. The second-order valence-corrected chi connectivity index (χ2v) is 6.43. The smallest absolute Gasteiger partial charge is 0.241 e. The van der Waals surface area contributed by atoms with Crippen LogP contribution in [-0.4, -0.2) is 23.9 Å². The van der Waals surface area contributed by atoms with Gasteiger partial charge in [0.05, 0.1) is 22.3 Å². The van der Waals surface area contributed by atoms with Crippen LogP contribution in [0.3, 0.4) is 0 Å². The number of benzene rings is 1. The molecule has 0 bridgehead atoms. The minimum Gasteiger partial charge on any atom is -0.345 e. The Kier molecular flexibility index (Phi) is 2.08. The van der Waals surface area contributed by atoms with E-state index in [2.05, 4.69) is 14.7 Å². The molecule has 5 nitrogen and oxygen atoms in total. The van der Waals surface area contributed by atoms with Crippen LogP contribution in [0.25, 0.3) is 11.0 Å². The third kappa shape index (κ3) is 1.94. The summed E-state index contributed by atoms with van der Waals surface area (Å²) in [5.41, 5.74) is 1.25. The van der Waals surface area contributed by atoms with Crippen molar-refractivity contribution in [1.29, 1.82) is 0 Å². The molecule has 0 amide bonds. The first-order valence-corrected chi connectivity index (χ1v) is 6.94. The van der Waals surface area contributed by atoms with Gasteiger partial charge in [-0.3, -0.25) is 0 Å². The summed E-state index contributed by atoms with van der Waals surface area (Å²) in [5.74, 6) is 0. The number of fused-ring (bicyclic) bond motifs is 1. The molecule has 0 spiro atoms. The van der Waals surface area contributed by atoms with Crippen LogP contribution in [0.4, 0.5) is 0 Å². The van der Waals surface area contributed by atoms with Gasteiger partial charge in [0.25, 0.3) is 0 Å². The topological polar surface area (TPSA) is 74.8 Å². The third-order valence-corrected chi connectivity index (χ3v) is 4.72. The van der Waals surface area contributed by atoms with E-state index in [-0.39, 0.29) is 10.4 Å². The lowest BCUT2D eigenvalue weighted by atomic mass is 10.3. The standard InChI is InChI=1S/C11H13N3O2S/c1-11(4-5-11)14-17(15,16)8-2-3-9-10(6-8)13-7-12-9/h2-3,6-7,14H,4-5H2,1H3,(H,12,13). The predicted octanol–water partition coefficient (Wildman–Crippen LogP) is 1.39. The van der Waals surface area contributed by atoms with E-state index in [9.17, 15) is 8.42 Å². The lowest BCUT2D eigenvalue weighted by Gasteiger charge is -2.11. The van der Waals surface area contributed by atoms with Gasteiger partial charge in [-0.25, -0.2) is 18.1 Å². The van der Waals surface area contributed by atoms with Crippen LogP contribution < -0.4 is 4.72 Å². The Balaban J connectivity index is 2.01. The van der Waals surface area contributed by atoms with E-state index in [0.717, 1.165) is 23.9 Å². The van der Waals surface area contributed by atoms with E-state index >= 15 is 0 Å². The first-order valence-electron chi connectivity index (χ1n) is 5.46. The molecule has 1 aliphatic carbocycles. The van der Waals surface area contributed by atoms with Crippen molar-refractivity contribution >= 4 is 21.1 Å². The van der Waals surface area contributed by atoms with E-state index in [0.29, 0.717) is 0 Å². The van der Waals surface area contributed by atoms with Crippen molar-refractivity contribution < 1.29 is 8.42 Å². The molecule has 6 heteroatoms. The van der Waals surface area contributed by atoms with Gasteiger partial charge in [0.2, 0.25) is 10.0 Å². The second-order valence-electron chi connectivity index (χ2n) is 4.75. The number of nitrogens with zero attached hydrogens (tertiary/aromatic N) is 1. The molecular formula is C11H13N3O2S. The number of hydrogen-bond donors (Lipinski definition) is 2. The number of rotatable bonds is 3. The zero-order valence-corrected chi connectivity index (χ0v) is 10.2. The van der Waals surface area contributed by atoms with Crippen molar-refractivity contribution in [2.75, 3.05) is 0 Å². The summed E-state index contributed by atoms with van der Waals surface area (Å²) >= 11 is 0. The molecule has 90 valence electrons. The van der Waals surface area contributed by atoms with Crippen molar-refractivity contribution in [3.8, 4) is 0 Å². The van der Waals surface area contributed by atoms with Gasteiger partial charge in [-0.1, -0.05) is 0 Å². The zero-order chi connectivity index (χ0) is 12.1. The van der Waals surface area contributed by atoms with E-state index in [4.69, 9.17) is 0 Å². The van der Waals surface area contributed by atoms with Crippen LogP contribution in [-0.2, 0) is 10.0 Å². The third-order valence-electron chi connectivity index (χ3n) is 3.08. The minimum atomic E-state index is -3.42. The Morgan fingerprint density at radius 1 is 1.41 bits per heavy atom. The van der Waals surface area contributed by atoms with Crippen molar-refractivity contribution in [2.45, 2.75) is 30.2 Å². The second kappa shape index (κ2) is 3.30. The van der Waals surface area contributed by atoms with Crippen LogP contribution in [0.2, 0.25) is 0 Å². The quantitative estimate of drug-likeness (QED) is 0.865. The van der Waals surface area contributed by atoms with Gasteiger partial charge in [-0.05, 0) is 38.0 Å². The molecule has 1 aromatic heterocycles. The van der Waals surface area contributed by atoms with Gasteiger partial charge in [0.15, 0.2) is 0 Å². The lowest BCUT2D eigenvalue weighted by molar-refractivity contribution is 0.558. The van der Waals surface area contributed by atoms with Gasteiger partial charge in [0, 0.05) is 5.54 Å². The molecule has 1 saturated carbocycles. The Morgan fingerprint density at radius 2 is 2.18 bits per heavy atom. The van der Waals surface area contributed by atoms with E-state index in [1.165, 1.54) is 0 Å².